The van der Waals surface area contributed by atoms with Gasteiger partial charge in [-0.1, -0.05) is 24.5 Å². The number of benzene rings is 1. The van der Waals surface area contributed by atoms with E-state index in [2.05, 4.69) is 11.4 Å². The third kappa shape index (κ3) is 5.28. The van der Waals surface area contributed by atoms with Gasteiger partial charge in [0.25, 0.3) is 5.91 Å². The fourth-order valence-corrected chi connectivity index (χ4v) is 6.50. The van der Waals surface area contributed by atoms with Crippen LogP contribution >= 0.6 is 0 Å². The van der Waals surface area contributed by atoms with Crippen LogP contribution < -0.4 is 10.7 Å². The van der Waals surface area contributed by atoms with Gasteiger partial charge in [-0.15, -0.1) is 0 Å². The van der Waals surface area contributed by atoms with Crippen LogP contribution in [0.4, 0.5) is 0 Å². The number of fused-ring (bicyclic) bond motifs is 1. The molecule has 1 N–H and O–H groups in total. The largest absolute Gasteiger partial charge is 0.352 e. The molecule has 8 heteroatoms. The molecule has 0 radical (unpaired) electrons. The fraction of sp³-hybridized carbons (Fsp3) is 0.538. The lowest BCUT2D eigenvalue weighted by Gasteiger charge is -2.20. The third-order valence-electron chi connectivity index (χ3n) is 6.96. The topological polar surface area (TPSA) is 88.5 Å². The van der Waals surface area contributed by atoms with Gasteiger partial charge in [0.05, 0.1) is 10.4 Å². The second kappa shape index (κ2) is 10.9. The molecule has 0 spiro atoms. The minimum absolute atomic E-state index is 0.0521. The summed E-state index contributed by atoms with van der Waals surface area (Å²) in [6.45, 7) is 3.97. The van der Waals surface area contributed by atoms with Crippen LogP contribution in [0.15, 0.2) is 45.7 Å². The Morgan fingerprint density at radius 2 is 1.82 bits per heavy atom. The van der Waals surface area contributed by atoms with Crippen molar-refractivity contribution in [3.63, 3.8) is 0 Å². The summed E-state index contributed by atoms with van der Waals surface area (Å²) in [7, 11) is -3.69. The van der Waals surface area contributed by atoms with Gasteiger partial charge in [-0.25, -0.2) is 8.42 Å². The highest BCUT2D eigenvalue weighted by Gasteiger charge is 2.26. The van der Waals surface area contributed by atoms with Crippen molar-refractivity contribution >= 4 is 26.8 Å². The van der Waals surface area contributed by atoms with Gasteiger partial charge >= 0.3 is 0 Å². The van der Waals surface area contributed by atoms with E-state index in [0.29, 0.717) is 31.7 Å². The summed E-state index contributed by atoms with van der Waals surface area (Å²) in [5.74, 6) is -0.411. The van der Waals surface area contributed by atoms with E-state index in [9.17, 15) is 18.0 Å². The van der Waals surface area contributed by atoms with Crippen molar-refractivity contribution in [1.82, 2.24) is 14.2 Å². The first-order valence-electron chi connectivity index (χ1n) is 12.6. The minimum atomic E-state index is -3.69. The molecule has 2 aliphatic rings. The molecular formula is C26H35N3O4S. The van der Waals surface area contributed by atoms with E-state index in [1.54, 1.807) is 18.3 Å². The Morgan fingerprint density at radius 3 is 2.50 bits per heavy atom. The van der Waals surface area contributed by atoms with Gasteiger partial charge in [-0.05, 0) is 70.1 Å². The number of amides is 1. The van der Waals surface area contributed by atoms with Gasteiger partial charge in [0.1, 0.15) is 5.56 Å². The minimum Gasteiger partial charge on any atom is -0.352 e. The molecule has 0 bridgehead atoms. The molecule has 184 valence electrons. The van der Waals surface area contributed by atoms with E-state index >= 15 is 0 Å². The van der Waals surface area contributed by atoms with Crippen molar-refractivity contribution in [3.05, 3.63) is 51.8 Å². The van der Waals surface area contributed by atoms with Crippen molar-refractivity contribution in [3.8, 4) is 0 Å². The van der Waals surface area contributed by atoms with E-state index in [0.717, 1.165) is 44.9 Å². The van der Waals surface area contributed by atoms with Crippen LogP contribution in [0.3, 0.4) is 0 Å². The van der Waals surface area contributed by atoms with Gasteiger partial charge in [-0.3, -0.25) is 9.59 Å². The van der Waals surface area contributed by atoms with Gasteiger partial charge in [0, 0.05) is 37.8 Å². The smallest absolute Gasteiger partial charge is 0.256 e. The van der Waals surface area contributed by atoms with Crippen molar-refractivity contribution < 1.29 is 13.2 Å². The molecule has 1 fully saturated rings. The Morgan fingerprint density at radius 1 is 1.06 bits per heavy atom. The second-order valence-electron chi connectivity index (χ2n) is 9.27. The summed E-state index contributed by atoms with van der Waals surface area (Å²) in [6.07, 6.45) is 13.0. The molecule has 2 aromatic rings. The molecule has 1 saturated heterocycles. The summed E-state index contributed by atoms with van der Waals surface area (Å²) < 4.78 is 29.9. The summed E-state index contributed by atoms with van der Waals surface area (Å²) in [5, 5.41) is 3.15. The lowest BCUT2D eigenvalue weighted by atomic mass is 9.97. The van der Waals surface area contributed by atoms with Crippen molar-refractivity contribution in [2.24, 2.45) is 0 Å². The van der Waals surface area contributed by atoms with Crippen LogP contribution in [0.5, 0.6) is 0 Å². The highest BCUT2D eigenvalue weighted by molar-refractivity contribution is 7.89. The second-order valence-corrected chi connectivity index (χ2v) is 11.2. The Labute approximate surface area is 201 Å². The fourth-order valence-electron chi connectivity index (χ4n) is 4.96. The molecule has 0 saturated carbocycles. The number of hydrogen-bond acceptors (Lipinski definition) is 4. The van der Waals surface area contributed by atoms with Gasteiger partial charge in [-0.2, -0.15) is 4.31 Å². The number of aromatic nitrogens is 1. The first-order valence-corrected chi connectivity index (χ1v) is 14.0. The van der Waals surface area contributed by atoms with E-state index < -0.39 is 21.4 Å². The number of carbonyl (C=O) groups excluding carboxylic acids is 1. The van der Waals surface area contributed by atoms with E-state index in [4.69, 9.17) is 0 Å². The molecule has 7 nitrogen and oxygen atoms in total. The average Bonchev–Trinajstić information content (AvgIpc) is 3.15. The zero-order valence-corrected chi connectivity index (χ0v) is 20.8. The van der Waals surface area contributed by atoms with Crippen LogP contribution in [-0.4, -0.2) is 42.8 Å². The maximum absolute atomic E-state index is 13.3. The number of nitrogens with zero attached hydrogens (tertiary/aromatic N) is 2. The van der Waals surface area contributed by atoms with Gasteiger partial charge in [0.15, 0.2) is 0 Å². The number of aryl methyl sites for hydroxylation is 1. The summed E-state index contributed by atoms with van der Waals surface area (Å²) in [5.41, 5.74) is 1.61. The van der Waals surface area contributed by atoms with Gasteiger partial charge in [0.2, 0.25) is 15.5 Å². The maximum Gasteiger partial charge on any atom is 0.256 e. The normalized spacial score (nSPS) is 17.9. The molecule has 1 aliphatic heterocycles. The van der Waals surface area contributed by atoms with Crippen LogP contribution in [0.1, 0.15) is 75.1 Å². The predicted molar refractivity (Wildman–Crippen MR) is 135 cm³/mol. The number of hydrogen-bond donors (Lipinski definition) is 1. The Hall–Kier alpha value is -2.45. The first kappa shape index (κ1) is 24.7. The lowest BCUT2D eigenvalue weighted by Crippen LogP contribution is -2.32. The van der Waals surface area contributed by atoms with Crippen LogP contribution in [-0.2, 0) is 16.6 Å². The van der Waals surface area contributed by atoms with Crippen LogP contribution in [0, 0.1) is 0 Å². The molecule has 0 atom stereocenters. The standard InChI is InChI=1S/C26H35N3O4S/c1-2-28-19-23(26(31)27-15-14-20-10-6-5-7-11-20)25(30)22-18-21(12-13-24(22)28)34(32,33)29-16-8-3-4-9-17-29/h10,12-13,18-19H,2-9,11,14-17H2,1H3,(H,27,31). The predicted octanol–water partition coefficient (Wildman–Crippen LogP) is 4.21. The lowest BCUT2D eigenvalue weighted by molar-refractivity contribution is 0.0952. The summed E-state index contributed by atoms with van der Waals surface area (Å²) in [4.78, 5) is 26.3. The Bertz CT molecular complexity index is 1240. The first-order chi connectivity index (χ1) is 16.4. The third-order valence-corrected chi connectivity index (χ3v) is 8.85. The Balaban J connectivity index is 1.63. The zero-order chi connectivity index (χ0) is 24.1. The quantitative estimate of drug-likeness (QED) is 0.595. The molecule has 1 aromatic carbocycles. The number of sulfonamides is 1. The SMILES string of the molecule is CCn1cc(C(=O)NCCC2=CCCCC2)c(=O)c2cc(S(=O)(=O)N3CCCCCC3)ccc21. The molecule has 2 heterocycles. The maximum atomic E-state index is 13.3. The van der Waals surface area contributed by atoms with E-state index in [-0.39, 0.29) is 15.8 Å². The van der Waals surface area contributed by atoms with Crippen molar-refractivity contribution in [1.29, 1.82) is 0 Å². The Kier molecular flexibility index (Phi) is 7.88. The molecular weight excluding hydrogens is 450 g/mol. The number of pyridine rings is 1. The van der Waals surface area contributed by atoms with E-state index in [1.807, 2.05) is 11.5 Å². The molecule has 4 rings (SSSR count). The summed E-state index contributed by atoms with van der Waals surface area (Å²) >= 11 is 0. The molecule has 1 aromatic heterocycles. The van der Waals surface area contributed by atoms with E-state index in [1.165, 1.54) is 28.8 Å². The highest BCUT2D eigenvalue weighted by Crippen LogP contribution is 2.24. The highest BCUT2D eigenvalue weighted by atomic mass is 32.2. The van der Waals surface area contributed by atoms with Crippen molar-refractivity contribution in [2.45, 2.75) is 76.2 Å². The summed E-state index contributed by atoms with van der Waals surface area (Å²) in [6, 6.07) is 4.71. The zero-order valence-electron chi connectivity index (χ0n) is 20.0. The number of allylic oxidation sites excluding steroid dienone is 1. The number of rotatable bonds is 7. The van der Waals surface area contributed by atoms with Crippen LogP contribution in [0.25, 0.3) is 10.9 Å². The van der Waals surface area contributed by atoms with Crippen molar-refractivity contribution in [2.75, 3.05) is 19.6 Å². The average molecular weight is 486 g/mol. The molecule has 1 amide bonds. The molecule has 1 aliphatic carbocycles. The number of nitrogens with one attached hydrogen (secondary N) is 1. The molecule has 0 unspecified atom stereocenters. The number of carbonyl (C=O) groups is 1. The van der Waals surface area contributed by atoms with Crippen LogP contribution in [0.2, 0.25) is 0 Å². The monoisotopic (exact) mass is 485 g/mol. The van der Waals surface area contributed by atoms with Gasteiger partial charge < -0.3 is 9.88 Å². The molecule has 34 heavy (non-hydrogen) atoms.